The van der Waals surface area contributed by atoms with Gasteiger partial charge in [0.25, 0.3) is 5.91 Å². The molecule has 3 N–H and O–H groups in total. The first kappa shape index (κ1) is 14.3. The number of aliphatic carboxylic acids is 1. The molecule has 20 heavy (non-hydrogen) atoms. The number of carboxylic acids is 1. The smallest absolute Gasteiger partial charge is 0.309 e. The van der Waals surface area contributed by atoms with Gasteiger partial charge in [0.15, 0.2) is 0 Å². The molecular weight excluding hydrogens is 258 g/mol. The molecule has 6 heteroatoms. The van der Waals surface area contributed by atoms with Crippen LogP contribution in [-0.4, -0.2) is 40.0 Å². The van der Waals surface area contributed by atoms with Crippen LogP contribution in [0.1, 0.15) is 36.7 Å². The van der Waals surface area contributed by atoms with Crippen molar-refractivity contribution in [2.75, 3.05) is 18.8 Å². The molecule has 0 radical (unpaired) electrons. The third-order valence-electron chi connectivity index (χ3n) is 4.14. The normalized spacial score (nSPS) is 17.8. The second-order valence-electron chi connectivity index (χ2n) is 5.21. The predicted molar refractivity (Wildman–Crippen MR) is 74.1 cm³/mol. The molecule has 2 heterocycles. The van der Waals surface area contributed by atoms with Gasteiger partial charge in [0.05, 0.1) is 17.3 Å². The molecule has 1 fully saturated rings. The number of rotatable bonds is 3. The van der Waals surface area contributed by atoms with E-state index < -0.39 is 11.4 Å². The molecule has 1 saturated heterocycles. The van der Waals surface area contributed by atoms with Crippen molar-refractivity contribution in [1.29, 1.82) is 0 Å². The van der Waals surface area contributed by atoms with Crippen LogP contribution in [0.2, 0.25) is 0 Å². The highest BCUT2D eigenvalue weighted by atomic mass is 16.4. The van der Waals surface area contributed by atoms with Gasteiger partial charge in [0.2, 0.25) is 0 Å². The molecule has 108 valence electrons. The summed E-state index contributed by atoms with van der Waals surface area (Å²) in [6.07, 6.45) is 3.01. The summed E-state index contributed by atoms with van der Waals surface area (Å²) in [5.74, 6) is -0.933. The van der Waals surface area contributed by atoms with E-state index in [4.69, 9.17) is 5.73 Å². The van der Waals surface area contributed by atoms with Crippen molar-refractivity contribution in [3.8, 4) is 0 Å². The Hall–Kier alpha value is -2.11. The number of hydrogen-bond donors (Lipinski definition) is 2. The minimum absolute atomic E-state index is 0.167. The molecule has 0 unspecified atom stereocenters. The number of carbonyl (C=O) groups excluding carboxylic acids is 1. The number of likely N-dealkylation sites (tertiary alicyclic amines) is 1. The molecule has 0 aromatic carbocycles. The fraction of sp³-hybridized carbons (Fsp3) is 0.500. The zero-order valence-electron chi connectivity index (χ0n) is 11.5. The largest absolute Gasteiger partial charge is 0.481 e. The van der Waals surface area contributed by atoms with Crippen LogP contribution in [0.3, 0.4) is 0 Å². The number of carbonyl (C=O) groups is 2. The number of nitrogens with zero attached hydrogens (tertiary/aromatic N) is 2. The lowest BCUT2D eigenvalue weighted by Crippen LogP contribution is -2.46. The summed E-state index contributed by atoms with van der Waals surface area (Å²) >= 11 is 0. The summed E-state index contributed by atoms with van der Waals surface area (Å²) in [6.45, 7) is 2.78. The molecule has 0 spiro atoms. The molecule has 0 atom stereocenters. The summed E-state index contributed by atoms with van der Waals surface area (Å²) in [4.78, 5) is 29.3. The molecule has 1 aromatic rings. The number of hydrogen-bond acceptors (Lipinski definition) is 4. The van der Waals surface area contributed by atoms with Gasteiger partial charge in [-0.3, -0.25) is 9.59 Å². The molecule has 1 amide bonds. The summed E-state index contributed by atoms with van der Waals surface area (Å²) in [6, 6.07) is 3.23. The van der Waals surface area contributed by atoms with Crippen molar-refractivity contribution in [2.24, 2.45) is 5.41 Å². The standard InChI is InChI=1S/C14H19N3O3/c1-2-14(13(19)20)5-7-17(8-6-14)12(18)11-4-3-10(15)9-16-11/h3-4,9H,2,5-8,15H2,1H3,(H,19,20). The summed E-state index contributed by atoms with van der Waals surface area (Å²) in [5.41, 5.74) is 5.71. The van der Waals surface area contributed by atoms with Crippen LogP contribution in [0.25, 0.3) is 0 Å². The van der Waals surface area contributed by atoms with Crippen LogP contribution < -0.4 is 5.73 Å². The molecule has 2 rings (SSSR count). The highest BCUT2D eigenvalue weighted by Crippen LogP contribution is 2.35. The fourth-order valence-corrected chi connectivity index (χ4v) is 2.55. The van der Waals surface area contributed by atoms with Gasteiger partial charge in [0, 0.05) is 13.1 Å². The van der Waals surface area contributed by atoms with Gasteiger partial charge < -0.3 is 15.7 Å². The number of nitrogens with two attached hydrogens (primary N) is 1. The maximum absolute atomic E-state index is 12.3. The number of piperidine rings is 1. The Labute approximate surface area is 117 Å². The third-order valence-corrected chi connectivity index (χ3v) is 4.14. The first-order valence-corrected chi connectivity index (χ1v) is 6.73. The highest BCUT2D eigenvalue weighted by Gasteiger charge is 2.40. The SMILES string of the molecule is CCC1(C(=O)O)CCN(C(=O)c2ccc(N)cn2)CC1. The summed E-state index contributed by atoms with van der Waals surface area (Å²) in [7, 11) is 0. The maximum Gasteiger partial charge on any atom is 0.309 e. The van der Waals surface area contributed by atoms with Crippen molar-refractivity contribution in [1.82, 2.24) is 9.88 Å². The topological polar surface area (TPSA) is 96.5 Å². The van der Waals surface area contributed by atoms with Gasteiger partial charge in [-0.25, -0.2) is 4.98 Å². The average molecular weight is 277 g/mol. The van der Waals surface area contributed by atoms with Crippen molar-refractivity contribution in [3.63, 3.8) is 0 Å². The van der Waals surface area contributed by atoms with Gasteiger partial charge in [-0.05, 0) is 31.4 Å². The Bertz CT molecular complexity index is 505. The number of nitrogen functional groups attached to an aromatic ring is 1. The Morgan fingerprint density at radius 2 is 2.05 bits per heavy atom. The third kappa shape index (κ3) is 2.59. The van der Waals surface area contributed by atoms with Gasteiger partial charge >= 0.3 is 5.97 Å². The quantitative estimate of drug-likeness (QED) is 0.870. The Balaban J connectivity index is 2.05. The molecule has 1 aliphatic heterocycles. The zero-order chi connectivity index (χ0) is 14.8. The second kappa shape index (κ2) is 5.48. The van der Waals surface area contributed by atoms with Crippen molar-refractivity contribution >= 4 is 17.6 Å². The van der Waals surface area contributed by atoms with E-state index in [9.17, 15) is 14.7 Å². The van der Waals surface area contributed by atoms with Gasteiger partial charge in [0.1, 0.15) is 5.69 Å². The van der Waals surface area contributed by atoms with E-state index in [1.807, 2.05) is 6.92 Å². The van der Waals surface area contributed by atoms with Crippen molar-refractivity contribution in [2.45, 2.75) is 26.2 Å². The predicted octanol–water partition coefficient (Wildman–Crippen LogP) is 1.38. The second-order valence-corrected chi connectivity index (χ2v) is 5.21. The van der Waals surface area contributed by atoms with E-state index in [-0.39, 0.29) is 5.91 Å². The minimum atomic E-state index is -0.766. The number of pyridine rings is 1. The number of carboxylic acid groups (broad SMARTS) is 1. The maximum atomic E-state index is 12.3. The lowest BCUT2D eigenvalue weighted by molar-refractivity contribution is -0.152. The van der Waals surface area contributed by atoms with Crippen LogP contribution >= 0.6 is 0 Å². The summed E-state index contributed by atoms with van der Waals surface area (Å²) < 4.78 is 0. The fourth-order valence-electron chi connectivity index (χ4n) is 2.55. The number of aromatic nitrogens is 1. The molecule has 0 bridgehead atoms. The monoisotopic (exact) mass is 277 g/mol. The van der Waals surface area contributed by atoms with Gasteiger partial charge in [-0.15, -0.1) is 0 Å². The highest BCUT2D eigenvalue weighted by molar-refractivity contribution is 5.92. The molecule has 0 aliphatic carbocycles. The lowest BCUT2D eigenvalue weighted by atomic mass is 9.76. The van der Waals surface area contributed by atoms with E-state index in [1.54, 1.807) is 17.0 Å². The first-order chi connectivity index (χ1) is 9.48. The molecule has 1 aliphatic rings. The van der Waals surface area contributed by atoms with Gasteiger partial charge in [-0.1, -0.05) is 6.92 Å². The van der Waals surface area contributed by atoms with E-state index >= 15 is 0 Å². The van der Waals surface area contributed by atoms with E-state index in [2.05, 4.69) is 4.98 Å². The Kier molecular flexibility index (Phi) is 3.92. The number of amides is 1. The zero-order valence-corrected chi connectivity index (χ0v) is 11.5. The first-order valence-electron chi connectivity index (χ1n) is 6.73. The number of anilines is 1. The van der Waals surface area contributed by atoms with Crippen LogP contribution in [0.4, 0.5) is 5.69 Å². The van der Waals surface area contributed by atoms with E-state index in [0.29, 0.717) is 43.7 Å². The lowest BCUT2D eigenvalue weighted by Gasteiger charge is -2.38. The average Bonchev–Trinajstić information content (AvgIpc) is 2.47. The molecule has 0 saturated carbocycles. The Morgan fingerprint density at radius 1 is 1.40 bits per heavy atom. The van der Waals surface area contributed by atoms with Crippen LogP contribution in [-0.2, 0) is 4.79 Å². The van der Waals surface area contributed by atoms with Crippen molar-refractivity contribution in [3.05, 3.63) is 24.0 Å². The van der Waals surface area contributed by atoms with Crippen LogP contribution in [0.15, 0.2) is 18.3 Å². The van der Waals surface area contributed by atoms with Gasteiger partial charge in [-0.2, -0.15) is 0 Å². The van der Waals surface area contributed by atoms with Crippen LogP contribution in [0.5, 0.6) is 0 Å². The minimum Gasteiger partial charge on any atom is -0.481 e. The summed E-state index contributed by atoms with van der Waals surface area (Å²) in [5, 5.41) is 9.33. The van der Waals surface area contributed by atoms with Crippen LogP contribution in [0, 0.1) is 5.41 Å². The molecular formula is C14H19N3O3. The molecule has 6 nitrogen and oxygen atoms in total. The van der Waals surface area contributed by atoms with E-state index in [1.165, 1.54) is 6.20 Å². The van der Waals surface area contributed by atoms with Crippen molar-refractivity contribution < 1.29 is 14.7 Å². The molecule has 1 aromatic heterocycles. The van der Waals surface area contributed by atoms with E-state index in [0.717, 1.165) is 0 Å². The Morgan fingerprint density at radius 3 is 2.50 bits per heavy atom.